The van der Waals surface area contributed by atoms with Crippen molar-refractivity contribution in [1.82, 2.24) is 9.78 Å². The molecular formula is C12H10ClN5O. The molecule has 6 nitrogen and oxygen atoms in total. The van der Waals surface area contributed by atoms with Gasteiger partial charge < -0.3 is 5.32 Å². The maximum atomic E-state index is 11.7. The number of urea groups is 1. The summed E-state index contributed by atoms with van der Waals surface area (Å²) in [6.45, 7) is 0. The predicted molar refractivity (Wildman–Crippen MR) is 72.0 cm³/mol. The molecule has 2 rings (SSSR count). The van der Waals surface area contributed by atoms with Crippen molar-refractivity contribution in [2.75, 3.05) is 10.6 Å². The average Bonchev–Trinajstić information content (AvgIpc) is 2.72. The molecule has 7 heteroatoms. The second kappa shape index (κ2) is 5.42. The molecule has 0 aliphatic carbocycles. The van der Waals surface area contributed by atoms with Gasteiger partial charge in [0, 0.05) is 24.0 Å². The van der Waals surface area contributed by atoms with Crippen molar-refractivity contribution in [3.05, 3.63) is 41.0 Å². The molecular weight excluding hydrogens is 266 g/mol. The van der Waals surface area contributed by atoms with Crippen LogP contribution >= 0.6 is 11.6 Å². The summed E-state index contributed by atoms with van der Waals surface area (Å²) in [5, 5.41) is 18.6. The topological polar surface area (TPSA) is 82.7 Å². The highest BCUT2D eigenvalue weighted by Gasteiger charge is 2.10. The largest absolute Gasteiger partial charge is 0.324 e. The van der Waals surface area contributed by atoms with Gasteiger partial charge in [-0.05, 0) is 24.3 Å². The third-order valence-corrected chi connectivity index (χ3v) is 2.54. The van der Waals surface area contributed by atoms with E-state index in [0.29, 0.717) is 16.3 Å². The van der Waals surface area contributed by atoms with Crippen molar-refractivity contribution >= 4 is 29.1 Å². The van der Waals surface area contributed by atoms with Gasteiger partial charge in [-0.15, -0.1) is 0 Å². The zero-order chi connectivity index (χ0) is 13.8. The number of nitriles is 1. The molecule has 2 amide bonds. The normalized spacial score (nSPS) is 9.74. The molecule has 0 atom stereocenters. The number of aromatic nitrogens is 2. The smallest absolute Gasteiger partial charge is 0.308 e. The highest BCUT2D eigenvalue weighted by atomic mass is 35.5. The minimum absolute atomic E-state index is 0.219. The Kier molecular flexibility index (Phi) is 3.68. The summed E-state index contributed by atoms with van der Waals surface area (Å²) >= 11 is 5.74. The van der Waals surface area contributed by atoms with Gasteiger partial charge in [0.05, 0.1) is 0 Å². The summed E-state index contributed by atoms with van der Waals surface area (Å²) < 4.78 is 1.45. The molecule has 1 aromatic heterocycles. The highest BCUT2D eigenvalue weighted by molar-refractivity contribution is 6.30. The standard InChI is InChI=1S/C12H10ClN5O/c1-18-7-8(6-14)11(17-18)16-12(19)15-10-4-2-9(13)3-5-10/h2-5,7H,1H3,(H2,15,16,17,19). The van der Waals surface area contributed by atoms with E-state index in [0.717, 1.165) is 0 Å². The van der Waals surface area contributed by atoms with Gasteiger partial charge in [-0.3, -0.25) is 10.00 Å². The van der Waals surface area contributed by atoms with Crippen LogP contribution in [0.3, 0.4) is 0 Å². The van der Waals surface area contributed by atoms with Gasteiger partial charge in [-0.2, -0.15) is 10.4 Å². The van der Waals surface area contributed by atoms with Crippen molar-refractivity contribution < 1.29 is 4.79 Å². The molecule has 96 valence electrons. The Labute approximate surface area is 114 Å². The van der Waals surface area contributed by atoms with Crippen LogP contribution < -0.4 is 10.6 Å². The van der Waals surface area contributed by atoms with Crippen molar-refractivity contribution in [3.63, 3.8) is 0 Å². The summed E-state index contributed by atoms with van der Waals surface area (Å²) in [6, 6.07) is 8.15. The van der Waals surface area contributed by atoms with E-state index in [2.05, 4.69) is 15.7 Å². The molecule has 19 heavy (non-hydrogen) atoms. The number of nitrogens with zero attached hydrogens (tertiary/aromatic N) is 3. The van der Waals surface area contributed by atoms with Crippen LogP contribution in [-0.4, -0.2) is 15.8 Å². The first-order chi connectivity index (χ1) is 9.08. The SMILES string of the molecule is Cn1cc(C#N)c(NC(=O)Nc2ccc(Cl)cc2)n1. The third kappa shape index (κ3) is 3.24. The number of nitrogens with one attached hydrogen (secondary N) is 2. The van der Waals surface area contributed by atoms with Crippen molar-refractivity contribution in [3.8, 4) is 6.07 Å². The van der Waals surface area contributed by atoms with Crippen molar-refractivity contribution in [2.24, 2.45) is 7.05 Å². The predicted octanol–water partition coefficient (Wildman–Crippen LogP) is 2.59. The number of carbonyl (C=O) groups is 1. The van der Waals surface area contributed by atoms with Crippen LogP contribution in [-0.2, 0) is 7.05 Å². The van der Waals surface area contributed by atoms with Crippen LogP contribution in [0.4, 0.5) is 16.3 Å². The molecule has 2 N–H and O–H groups in total. The van der Waals surface area contributed by atoms with Crippen LogP contribution in [0.2, 0.25) is 5.02 Å². The Morgan fingerprint density at radius 3 is 2.68 bits per heavy atom. The molecule has 0 saturated heterocycles. The first kappa shape index (κ1) is 12.9. The number of rotatable bonds is 2. The summed E-state index contributed by atoms with van der Waals surface area (Å²) in [4.78, 5) is 11.7. The number of benzene rings is 1. The molecule has 0 spiro atoms. The lowest BCUT2D eigenvalue weighted by Gasteiger charge is -2.05. The Morgan fingerprint density at radius 2 is 2.05 bits per heavy atom. The molecule has 1 heterocycles. The molecule has 1 aromatic carbocycles. The van der Waals surface area contributed by atoms with Gasteiger partial charge in [-0.1, -0.05) is 11.6 Å². The number of halogens is 1. The van der Waals surface area contributed by atoms with Crippen LogP contribution in [0.15, 0.2) is 30.5 Å². The van der Waals surface area contributed by atoms with Crippen LogP contribution in [0.25, 0.3) is 0 Å². The minimum atomic E-state index is -0.475. The Hall–Kier alpha value is -2.52. The second-order valence-corrected chi connectivity index (χ2v) is 4.20. The first-order valence-corrected chi connectivity index (χ1v) is 5.73. The summed E-state index contributed by atoms with van der Waals surface area (Å²) in [7, 11) is 1.67. The Bertz CT molecular complexity index is 641. The molecule has 0 fully saturated rings. The van der Waals surface area contributed by atoms with Crippen LogP contribution in [0, 0.1) is 11.3 Å². The number of aryl methyl sites for hydroxylation is 1. The van der Waals surface area contributed by atoms with E-state index < -0.39 is 6.03 Å². The van der Waals surface area contributed by atoms with E-state index in [-0.39, 0.29) is 5.82 Å². The highest BCUT2D eigenvalue weighted by Crippen LogP contribution is 2.15. The maximum absolute atomic E-state index is 11.7. The van der Waals surface area contributed by atoms with E-state index in [1.165, 1.54) is 10.9 Å². The van der Waals surface area contributed by atoms with Gasteiger partial charge in [0.1, 0.15) is 11.6 Å². The Balaban J connectivity index is 2.05. The molecule has 2 aromatic rings. The lowest BCUT2D eigenvalue weighted by atomic mass is 10.3. The Morgan fingerprint density at radius 1 is 1.37 bits per heavy atom. The number of carbonyl (C=O) groups excluding carboxylic acids is 1. The fourth-order valence-corrected chi connectivity index (χ4v) is 1.59. The summed E-state index contributed by atoms with van der Waals surface area (Å²) in [5.41, 5.74) is 0.894. The zero-order valence-electron chi connectivity index (χ0n) is 10.0. The maximum Gasteiger partial charge on any atom is 0.324 e. The lowest BCUT2D eigenvalue weighted by molar-refractivity contribution is 0.262. The van der Waals surface area contributed by atoms with E-state index >= 15 is 0 Å². The first-order valence-electron chi connectivity index (χ1n) is 5.36. The van der Waals surface area contributed by atoms with E-state index in [1.54, 1.807) is 31.3 Å². The summed E-state index contributed by atoms with van der Waals surface area (Å²) in [6.07, 6.45) is 1.53. The molecule has 0 radical (unpaired) electrons. The molecule has 0 aliphatic rings. The monoisotopic (exact) mass is 275 g/mol. The number of hydrogen-bond acceptors (Lipinski definition) is 3. The fourth-order valence-electron chi connectivity index (χ4n) is 1.47. The van der Waals surface area contributed by atoms with Crippen molar-refractivity contribution in [2.45, 2.75) is 0 Å². The van der Waals surface area contributed by atoms with Gasteiger partial charge in [0.15, 0.2) is 5.82 Å². The zero-order valence-corrected chi connectivity index (χ0v) is 10.8. The van der Waals surface area contributed by atoms with Crippen molar-refractivity contribution in [1.29, 1.82) is 5.26 Å². The average molecular weight is 276 g/mol. The van der Waals surface area contributed by atoms with Crippen LogP contribution in [0.1, 0.15) is 5.56 Å². The summed E-state index contributed by atoms with van der Waals surface area (Å²) in [5.74, 6) is 0.219. The number of anilines is 2. The number of amides is 2. The van der Waals surface area contributed by atoms with E-state index in [4.69, 9.17) is 16.9 Å². The number of hydrogen-bond donors (Lipinski definition) is 2. The van der Waals surface area contributed by atoms with Gasteiger partial charge in [0.2, 0.25) is 0 Å². The van der Waals surface area contributed by atoms with Crippen LogP contribution in [0.5, 0.6) is 0 Å². The van der Waals surface area contributed by atoms with Gasteiger partial charge in [0.25, 0.3) is 0 Å². The van der Waals surface area contributed by atoms with E-state index in [1.807, 2.05) is 6.07 Å². The molecule has 0 saturated carbocycles. The quantitative estimate of drug-likeness (QED) is 0.884. The third-order valence-electron chi connectivity index (χ3n) is 2.28. The minimum Gasteiger partial charge on any atom is -0.308 e. The lowest BCUT2D eigenvalue weighted by Crippen LogP contribution is -2.20. The molecule has 0 bridgehead atoms. The molecule has 0 unspecified atom stereocenters. The second-order valence-electron chi connectivity index (χ2n) is 3.76. The molecule has 0 aliphatic heterocycles. The fraction of sp³-hybridized carbons (Fsp3) is 0.0833. The van der Waals surface area contributed by atoms with Gasteiger partial charge in [-0.25, -0.2) is 4.79 Å². The van der Waals surface area contributed by atoms with E-state index in [9.17, 15) is 4.79 Å². The van der Waals surface area contributed by atoms with Gasteiger partial charge >= 0.3 is 6.03 Å².